The van der Waals surface area contributed by atoms with Crippen LogP contribution < -0.4 is 0 Å². The smallest absolute Gasteiger partial charge is 0.400 e. The van der Waals surface area contributed by atoms with Crippen molar-refractivity contribution < 1.29 is 14.0 Å². The van der Waals surface area contributed by atoms with Gasteiger partial charge in [-0.1, -0.05) is 13.0 Å². The first-order valence-corrected chi connectivity index (χ1v) is 6.32. The van der Waals surface area contributed by atoms with E-state index in [0.717, 1.165) is 13.2 Å². The van der Waals surface area contributed by atoms with Crippen molar-refractivity contribution in [3.63, 3.8) is 0 Å². The van der Waals surface area contributed by atoms with Gasteiger partial charge in [0.1, 0.15) is 0 Å². The van der Waals surface area contributed by atoms with Gasteiger partial charge in [0.2, 0.25) is 0 Å². The van der Waals surface area contributed by atoms with Crippen molar-refractivity contribution in [2.24, 2.45) is 5.41 Å². The van der Waals surface area contributed by atoms with Crippen LogP contribution in [0.1, 0.15) is 41.5 Å². The second-order valence-corrected chi connectivity index (χ2v) is 6.39. The molecule has 0 unspecified atom stereocenters. The van der Waals surface area contributed by atoms with Gasteiger partial charge in [-0.15, -0.1) is 0 Å². The maximum absolute atomic E-state index is 6.09. The maximum Gasteiger partial charge on any atom is 0.490 e. The second-order valence-electron chi connectivity index (χ2n) is 6.39. The van der Waals surface area contributed by atoms with E-state index < -0.39 is 0 Å². The zero-order valence-electron chi connectivity index (χ0n) is 11.8. The third kappa shape index (κ3) is 1.96. The highest BCUT2D eigenvalue weighted by molar-refractivity contribution is 6.55. The molecule has 0 aromatic heterocycles. The molecular formula is C13H23BO3. The van der Waals surface area contributed by atoms with Gasteiger partial charge < -0.3 is 14.0 Å². The van der Waals surface area contributed by atoms with Gasteiger partial charge in [0, 0.05) is 5.41 Å². The molecule has 3 nitrogen and oxygen atoms in total. The highest BCUT2D eigenvalue weighted by atomic mass is 16.7. The Labute approximate surface area is 105 Å². The zero-order chi connectivity index (χ0) is 12.9. The van der Waals surface area contributed by atoms with Crippen molar-refractivity contribution in [1.29, 1.82) is 0 Å². The van der Waals surface area contributed by atoms with Crippen LogP contribution in [0.5, 0.6) is 0 Å². The van der Waals surface area contributed by atoms with Crippen LogP contribution in [-0.2, 0) is 14.0 Å². The summed E-state index contributed by atoms with van der Waals surface area (Å²) in [6, 6.07) is 0. The number of ether oxygens (including phenoxy) is 1. The Morgan fingerprint density at radius 2 is 1.47 bits per heavy atom. The van der Waals surface area contributed by atoms with Crippen molar-refractivity contribution in [2.45, 2.75) is 52.7 Å². The lowest BCUT2D eigenvalue weighted by Gasteiger charge is -2.41. The molecule has 0 bridgehead atoms. The molecule has 96 valence electrons. The van der Waals surface area contributed by atoms with Crippen molar-refractivity contribution >= 4 is 7.12 Å². The molecule has 0 N–H and O–H groups in total. The lowest BCUT2D eigenvalue weighted by molar-refractivity contribution is -0.0759. The molecule has 0 aromatic carbocycles. The molecule has 2 saturated heterocycles. The molecule has 0 spiro atoms. The molecule has 2 fully saturated rings. The Bertz CT molecular complexity index is 327. The lowest BCUT2D eigenvalue weighted by Crippen LogP contribution is -2.46. The number of rotatable bonds is 2. The lowest BCUT2D eigenvalue weighted by atomic mass is 9.62. The Morgan fingerprint density at radius 1 is 1.00 bits per heavy atom. The third-order valence-corrected chi connectivity index (χ3v) is 4.36. The van der Waals surface area contributed by atoms with E-state index in [0.29, 0.717) is 0 Å². The molecule has 0 aromatic rings. The van der Waals surface area contributed by atoms with Gasteiger partial charge in [-0.2, -0.15) is 0 Å². The molecular weight excluding hydrogens is 215 g/mol. The van der Waals surface area contributed by atoms with Crippen LogP contribution in [0.2, 0.25) is 0 Å². The largest absolute Gasteiger partial charge is 0.490 e. The summed E-state index contributed by atoms with van der Waals surface area (Å²) >= 11 is 0. The Balaban J connectivity index is 2.20. The zero-order valence-corrected chi connectivity index (χ0v) is 11.8. The molecule has 2 aliphatic rings. The van der Waals surface area contributed by atoms with Crippen LogP contribution in [0.25, 0.3) is 0 Å². The maximum atomic E-state index is 6.09. The molecule has 0 atom stereocenters. The van der Waals surface area contributed by atoms with Gasteiger partial charge in [-0.05, 0) is 40.1 Å². The van der Waals surface area contributed by atoms with E-state index >= 15 is 0 Å². The molecule has 0 saturated carbocycles. The fourth-order valence-corrected chi connectivity index (χ4v) is 2.31. The van der Waals surface area contributed by atoms with Crippen molar-refractivity contribution in [3.05, 3.63) is 11.5 Å². The average molecular weight is 238 g/mol. The molecule has 0 amide bonds. The Kier molecular flexibility index (Phi) is 2.96. The van der Waals surface area contributed by atoms with Crippen LogP contribution >= 0.6 is 0 Å². The SMILES string of the molecule is C/C=C(/B1OC(C)(C)C(C)(C)O1)C1(C)COC1. The number of hydrogen-bond acceptors (Lipinski definition) is 3. The van der Waals surface area contributed by atoms with E-state index in [1.165, 1.54) is 5.47 Å². The summed E-state index contributed by atoms with van der Waals surface area (Å²) in [4.78, 5) is 0. The van der Waals surface area contributed by atoms with Crippen LogP contribution in [0.3, 0.4) is 0 Å². The van der Waals surface area contributed by atoms with Crippen LogP contribution in [-0.4, -0.2) is 31.5 Å². The van der Waals surface area contributed by atoms with E-state index in [9.17, 15) is 0 Å². The summed E-state index contributed by atoms with van der Waals surface area (Å²) in [5, 5.41) is 0. The predicted molar refractivity (Wildman–Crippen MR) is 68.8 cm³/mol. The first kappa shape index (κ1) is 13.1. The van der Waals surface area contributed by atoms with Gasteiger partial charge in [0.15, 0.2) is 0 Å². The molecule has 2 aliphatic heterocycles. The first-order valence-electron chi connectivity index (χ1n) is 6.32. The van der Waals surface area contributed by atoms with Gasteiger partial charge >= 0.3 is 7.12 Å². The van der Waals surface area contributed by atoms with Crippen molar-refractivity contribution in [3.8, 4) is 0 Å². The van der Waals surface area contributed by atoms with Gasteiger partial charge in [-0.3, -0.25) is 0 Å². The quantitative estimate of drug-likeness (QED) is 0.692. The highest BCUT2D eigenvalue weighted by Crippen LogP contribution is 2.44. The minimum atomic E-state index is -0.271. The minimum absolute atomic E-state index is 0.0793. The monoisotopic (exact) mass is 238 g/mol. The van der Waals surface area contributed by atoms with Crippen LogP contribution in [0.4, 0.5) is 0 Å². The summed E-state index contributed by atoms with van der Waals surface area (Å²) in [6.45, 7) is 14.1. The topological polar surface area (TPSA) is 27.7 Å². The standard InChI is InChI=1S/C13H23BO3/c1-7-10(13(6)8-15-9-13)14-16-11(2,3)12(4,5)17-14/h7H,8-9H2,1-6H3/b10-7+. The number of hydrogen-bond donors (Lipinski definition) is 0. The molecule has 0 aliphatic carbocycles. The summed E-state index contributed by atoms with van der Waals surface area (Å²) in [5.41, 5.74) is 0.748. The fraction of sp³-hybridized carbons (Fsp3) is 0.846. The van der Waals surface area contributed by atoms with Crippen LogP contribution in [0, 0.1) is 5.41 Å². The van der Waals surface area contributed by atoms with E-state index in [2.05, 4.69) is 40.7 Å². The summed E-state index contributed by atoms with van der Waals surface area (Å²) < 4.78 is 17.5. The summed E-state index contributed by atoms with van der Waals surface area (Å²) in [6.07, 6.45) is 2.12. The minimum Gasteiger partial charge on any atom is -0.400 e. The Morgan fingerprint density at radius 3 is 1.76 bits per heavy atom. The second kappa shape index (κ2) is 3.84. The van der Waals surface area contributed by atoms with Crippen molar-refractivity contribution in [2.75, 3.05) is 13.2 Å². The third-order valence-electron chi connectivity index (χ3n) is 4.36. The molecule has 17 heavy (non-hydrogen) atoms. The van der Waals surface area contributed by atoms with E-state index in [4.69, 9.17) is 14.0 Å². The Hall–Kier alpha value is -0.315. The predicted octanol–water partition coefficient (Wildman–Crippen LogP) is 2.60. The average Bonchev–Trinajstić information content (AvgIpc) is 2.34. The van der Waals surface area contributed by atoms with Crippen LogP contribution in [0.15, 0.2) is 11.5 Å². The molecule has 4 heteroatoms. The summed E-state index contributed by atoms with van der Waals surface area (Å²) in [5.74, 6) is 0. The van der Waals surface area contributed by atoms with E-state index in [1.807, 2.05) is 6.92 Å². The fourth-order valence-electron chi connectivity index (χ4n) is 2.31. The van der Waals surface area contributed by atoms with E-state index in [1.54, 1.807) is 0 Å². The number of allylic oxidation sites excluding steroid dienone is 1. The normalized spacial score (nSPS) is 30.2. The van der Waals surface area contributed by atoms with Crippen molar-refractivity contribution in [1.82, 2.24) is 0 Å². The highest BCUT2D eigenvalue weighted by Gasteiger charge is 2.56. The van der Waals surface area contributed by atoms with E-state index in [-0.39, 0.29) is 23.7 Å². The van der Waals surface area contributed by atoms with Gasteiger partial charge in [0.05, 0.1) is 24.4 Å². The molecule has 2 heterocycles. The molecule has 0 radical (unpaired) electrons. The van der Waals surface area contributed by atoms with Gasteiger partial charge in [0.25, 0.3) is 0 Å². The molecule has 2 rings (SSSR count). The first-order chi connectivity index (χ1) is 7.72. The summed E-state index contributed by atoms with van der Waals surface area (Å²) in [7, 11) is -0.237. The van der Waals surface area contributed by atoms with Gasteiger partial charge in [-0.25, -0.2) is 0 Å².